The van der Waals surface area contributed by atoms with E-state index in [1.807, 2.05) is 90.1 Å². The highest BCUT2D eigenvalue weighted by Crippen LogP contribution is 2.47. The normalized spacial score (nSPS) is 23.3. The van der Waals surface area contributed by atoms with Crippen molar-refractivity contribution >= 4 is 68.0 Å². The zero-order chi connectivity index (χ0) is 58.0. The van der Waals surface area contributed by atoms with Crippen LogP contribution in [0.25, 0.3) is 32.7 Å². The molecule has 3 aliphatic heterocycles. The summed E-state index contributed by atoms with van der Waals surface area (Å²) in [5.41, 5.74) is 10.5. The summed E-state index contributed by atoms with van der Waals surface area (Å²) < 4.78 is 64.6. The van der Waals surface area contributed by atoms with Crippen LogP contribution >= 0.6 is 0 Å². The van der Waals surface area contributed by atoms with Crippen molar-refractivity contribution in [1.29, 1.82) is 0 Å². The van der Waals surface area contributed by atoms with Crippen LogP contribution in [0.4, 0.5) is 34.6 Å². The molecule has 3 saturated heterocycles. The van der Waals surface area contributed by atoms with Gasteiger partial charge in [0.2, 0.25) is 0 Å². The molecule has 6 heterocycles. The first kappa shape index (κ1) is 58.8. The second kappa shape index (κ2) is 24.8. The molecule has 3 aromatic carbocycles. The summed E-state index contributed by atoms with van der Waals surface area (Å²) in [6, 6.07) is 22.0. The van der Waals surface area contributed by atoms with Crippen LogP contribution in [0.1, 0.15) is 147 Å². The zero-order valence-electron chi connectivity index (χ0n) is 48.4. The molecule has 82 heavy (non-hydrogen) atoms. The number of piperidine rings is 3. The van der Waals surface area contributed by atoms with Gasteiger partial charge in [-0.1, -0.05) is 0 Å². The van der Waals surface area contributed by atoms with Crippen LogP contribution in [-0.2, 0) is 19.1 Å². The molecule has 6 atom stereocenters. The van der Waals surface area contributed by atoms with E-state index in [-0.39, 0.29) is 40.9 Å². The van der Waals surface area contributed by atoms with Crippen molar-refractivity contribution in [2.75, 3.05) is 54.0 Å². The van der Waals surface area contributed by atoms with E-state index in [1.54, 1.807) is 30.7 Å². The van der Waals surface area contributed by atoms with E-state index in [4.69, 9.17) is 15.2 Å². The van der Waals surface area contributed by atoms with Gasteiger partial charge in [-0.3, -0.25) is 29.3 Å². The third kappa shape index (κ3) is 14.7. The lowest BCUT2D eigenvalue weighted by molar-refractivity contribution is -0.157. The number of benzene rings is 3. The summed E-state index contributed by atoms with van der Waals surface area (Å²) in [7, 11) is 0. The number of rotatable bonds is 13. The van der Waals surface area contributed by atoms with Crippen LogP contribution in [0.15, 0.2) is 91.4 Å². The number of carbonyl (C=O) groups excluding carboxylic acids is 3. The molecule has 6 fully saturated rings. The zero-order valence-corrected chi connectivity index (χ0v) is 48.4. The maximum absolute atomic E-state index is 13.5. The smallest absolute Gasteiger partial charge is 0.306 e. The Morgan fingerprint density at radius 2 is 0.890 bits per heavy atom. The van der Waals surface area contributed by atoms with E-state index in [2.05, 4.69) is 29.7 Å². The van der Waals surface area contributed by atoms with Crippen LogP contribution < -0.4 is 20.4 Å². The van der Waals surface area contributed by atoms with E-state index < -0.39 is 24.1 Å². The quantitative estimate of drug-likeness (QED) is 0.0668. The van der Waals surface area contributed by atoms with Gasteiger partial charge < -0.3 is 29.9 Å². The van der Waals surface area contributed by atoms with E-state index in [1.165, 1.54) is 50.7 Å². The first-order valence-electron chi connectivity index (χ1n) is 29.8. The lowest BCUT2D eigenvalue weighted by Gasteiger charge is -2.40. The van der Waals surface area contributed by atoms with Gasteiger partial charge in [0.05, 0.1) is 29.4 Å². The Morgan fingerprint density at radius 1 is 0.524 bits per heavy atom. The van der Waals surface area contributed by atoms with Crippen LogP contribution in [0.3, 0.4) is 0 Å². The molecule has 12 rings (SSSR count). The van der Waals surface area contributed by atoms with E-state index in [0.717, 1.165) is 115 Å². The van der Waals surface area contributed by atoms with Crippen molar-refractivity contribution < 1.29 is 41.4 Å². The minimum atomic E-state index is -2.56. The minimum absolute atomic E-state index is 0.00407. The standard InChI is InChI=1S/C24H30F2N2O2.C24H30N2O3.C18H21F2N3/c1-24(2,3)30-21(29)12-15-11-17(16-6-7-16)14-28(13-15)20-9-8-19(23(25)26)22-18(20)5-4-10-27-22;1-24(2,3)29-22(28)12-16-11-19(17-6-7-17)14-26(13-16)21-9-8-18(15-27)23-20(21)5-4-10-25-23;19-18(20)15-5-6-16(14-2-1-7-22-17(14)15)23-9-12(11-3-4-11)8-13(21)10-23/h4-5,8-10,15-17,23H,6-7,11-14H2,1-3H3;4-5,8-10,15-17,19H,6-7,11-14H2,1-3H3;1-2,5-7,11-13,18H,3-4,8-10,21H2. The highest BCUT2D eigenvalue weighted by Gasteiger charge is 2.41. The number of alkyl halides is 4. The lowest BCUT2D eigenvalue weighted by Crippen LogP contribution is -2.47. The summed E-state index contributed by atoms with van der Waals surface area (Å²) in [6.45, 7) is 16.6. The van der Waals surface area contributed by atoms with Gasteiger partial charge in [-0.15, -0.1) is 0 Å². The maximum Gasteiger partial charge on any atom is 0.306 e. The fourth-order valence-corrected chi connectivity index (χ4v) is 13.3. The lowest BCUT2D eigenvalue weighted by atomic mass is 9.84. The number of fused-ring (bicyclic) bond motifs is 3. The van der Waals surface area contributed by atoms with Gasteiger partial charge in [0.25, 0.3) is 12.9 Å². The molecule has 6 aromatic rings. The molecule has 438 valence electrons. The highest BCUT2D eigenvalue weighted by molar-refractivity contribution is 6.02. The van der Waals surface area contributed by atoms with Crippen molar-refractivity contribution in [2.45, 2.75) is 142 Å². The number of aromatic nitrogens is 3. The number of pyridine rings is 3. The summed E-state index contributed by atoms with van der Waals surface area (Å²) in [5.74, 6) is 4.24. The molecule has 2 N–H and O–H groups in total. The van der Waals surface area contributed by atoms with Crippen LogP contribution in [-0.4, -0.2) is 89.7 Å². The SMILES string of the molecule is CC(C)(C)OC(=O)CC1CC(C2CC2)CN(c2ccc(C(F)F)c3ncccc23)C1.CC(C)(C)OC(=O)CC1CC(C2CC2)CN(c2ccc(C=O)c3ncccc23)C1.NC1CC(C2CC2)CN(c2ccc(C(F)F)c3ncccc23)C1. The average molecular weight is 1130 g/mol. The topological polar surface area (TPSA) is 144 Å². The van der Waals surface area contributed by atoms with Crippen molar-refractivity contribution in [3.63, 3.8) is 0 Å². The Morgan fingerprint density at radius 3 is 1.27 bits per heavy atom. The van der Waals surface area contributed by atoms with Crippen molar-refractivity contribution in [3.05, 3.63) is 108 Å². The second-order valence-corrected chi connectivity index (χ2v) is 26.2. The van der Waals surface area contributed by atoms with Gasteiger partial charge in [-0.05, 0) is 219 Å². The second-order valence-electron chi connectivity index (χ2n) is 26.2. The summed E-state index contributed by atoms with van der Waals surface area (Å²) >= 11 is 0. The molecule has 0 radical (unpaired) electrons. The van der Waals surface area contributed by atoms with Gasteiger partial charge in [-0.2, -0.15) is 0 Å². The van der Waals surface area contributed by atoms with Gasteiger partial charge in [-0.25, -0.2) is 17.6 Å². The Bertz CT molecular complexity index is 3230. The molecule has 16 heteroatoms. The third-order valence-electron chi connectivity index (χ3n) is 17.2. The predicted octanol–water partition coefficient (Wildman–Crippen LogP) is 14.1. The fourth-order valence-electron chi connectivity index (χ4n) is 13.3. The Hall–Kier alpha value is -6.42. The number of nitrogens with zero attached hydrogens (tertiary/aromatic N) is 6. The minimum Gasteiger partial charge on any atom is -0.460 e. The Kier molecular flexibility index (Phi) is 17.8. The molecular weight excluding hydrogens is 1050 g/mol. The predicted molar refractivity (Wildman–Crippen MR) is 316 cm³/mol. The molecule has 0 bridgehead atoms. The molecule has 3 aliphatic carbocycles. The average Bonchev–Trinajstić information content (AvgIpc) is 3.83. The van der Waals surface area contributed by atoms with E-state index in [9.17, 15) is 31.9 Å². The van der Waals surface area contributed by atoms with Crippen molar-refractivity contribution in [3.8, 4) is 0 Å². The molecule has 3 aromatic heterocycles. The number of nitrogens with two attached hydrogens (primary N) is 1. The van der Waals surface area contributed by atoms with Crippen molar-refractivity contribution in [1.82, 2.24) is 15.0 Å². The number of ether oxygens (including phenoxy) is 2. The number of hydrogen-bond acceptors (Lipinski definition) is 12. The summed E-state index contributed by atoms with van der Waals surface area (Å²) in [4.78, 5) is 56.2. The summed E-state index contributed by atoms with van der Waals surface area (Å²) in [5, 5.41) is 2.56. The first-order valence-corrected chi connectivity index (χ1v) is 29.8. The monoisotopic (exact) mass is 1130 g/mol. The van der Waals surface area contributed by atoms with E-state index in [0.29, 0.717) is 53.1 Å². The number of anilines is 3. The van der Waals surface area contributed by atoms with Crippen molar-refractivity contribution in [2.24, 2.45) is 53.1 Å². The number of halogens is 4. The molecule has 0 amide bonds. The third-order valence-corrected chi connectivity index (χ3v) is 17.2. The number of esters is 2. The van der Waals surface area contributed by atoms with E-state index >= 15 is 0 Å². The summed E-state index contributed by atoms with van der Waals surface area (Å²) in [6.07, 6.45) is 12.4. The van der Waals surface area contributed by atoms with Gasteiger partial charge in [0.1, 0.15) is 11.2 Å². The molecular formula is C66H81F4N7O5. The van der Waals surface area contributed by atoms with Gasteiger partial charge >= 0.3 is 11.9 Å². The molecule has 3 saturated carbocycles. The van der Waals surface area contributed by atoms with Gasteiger partial charge in [0.15, 0.2) is 6.29 Å². The molecule has 0 spiro atoms. The van der Waals surface area contributed by atoms with Crippen LogP contribution in [0.5, 0.6) is 0 Å². The fraction of sp³-hybridized carbons (Fsp3) is 0.545. The van der Waals surface area contributed by atoms with Gasteiger partial charge in [0, 0.05) is 114 Å². The molecule has 6 unspecified atom stereocenters. The van der Waals surface area contributed by atoms with Crippen LogP contribution in [0, 0.1) is 47.3 Å². The first-order chi connectivity index (χ1) is 39.2. The maximum atomic E-state index is 13.5. The number of aldehydes is 1. The number of hydrogen-bond donors (Lipinski definition) is 1. The number of carbonyl (C=O) groups is 3. The van der Waals surface area contributed by atoms with Crippen LogP contribution in [0.2, 0.25) is 0 Å². The Labute approximate surface area is 479 Å². The Balaban J connectivity index is 0.000000139. The molecule has 12 nitrogen and oxygen atoms in total. The highest BCUT2D eigenvalue weighted by atomic mass is 19.3. The largest absolute Gasteiger partial charge is 0.460 e. The molecule has 6 aliphatic rings.